The van der Waals surface area contributed by atoms with E-state index in [2.05, 4.69) is 10.4 Å². The quantitative estimate of drug-likeness (QED) is 0.698. The van der Waals surface area contributed by atoms with Gasteiger partial charge in [-0.15, -0.1) is 0 Å². The fourth-order valence-corrected chi connectivity index (χ4v) is 2.02. The molecule has 1 heterocycles. The van der Waals surface area contributed by atoms with E-state index in [1.165, 1.54) is 11.6 Å². The first kappa shape index (κ1) is 17.0. The number of amides is 1. The molecule has 0 saturated carbocycles. The molecular formula is C15H16ClN3O4. The normalized spacial score (nSPS) is 12.0. The van der Waals surface area contributed by atoms with Gasteiger partial charge in [0.15, 0.2) is 0 Å². The highest BCUT2D eigenvalue weighted by molar-refractivity contribution is 6.30. The number of hydrogen-bond donors (Lipinski definition) is 3. The molecule has 0 aliphatic carbocycles. The van der Waals surface area contributed by atoms with E-state index in [0.717, 1.165) is 5.56 Å². The lowest BCUT2D eigenvalue weighted by atomic mass is 10.1. The van der Waals surface area contributed by atoms with E-state index in [-0.39, 0.29) is 13.2 Å². The molecule has 1 aromatic heterocycles. The second-order valence-corrected chi connectivity index (χ2v) is 5.35. The zero-order chi connectivity index (χ0) is 17.0. The number of rotatable bonds is 6. The monoisotopic (exact) mass is 337 g/mol. The third-order valence-electron chi connectivity index (χ3n) is 3.25. The van der Waals surface area contributed by atoms with E-state index in [4.69, 9.17) is 21.8 Å². The molecule has 0 radical (unpaired) electrons. The number of carbonyl (C=O) groups is 2. The molecule has 1 aromatic carbocycles. The van der Waals surface area contributed by atoms with E-state index in [1.807, 2.05) is 0 Å². The standard InChI is InChI=1S/C15H16ClN3O4/c1-9(15(22)23)14(21)17-13-8-12(18-19(13)6-7-20)10-2-4-11(16)5-3-10/h2-5,8-9,20H,6-7H2,1H3,(H,17,21)(H,22,23). The minimum absolute atomic E-state index is 0.168. The van der Waals surface area contributed by atoms with Gasteiger partial charge < -0.3 is 15.5 Å². The molecule has 7 nitrogen and oxygen atoms in total. The lowest BCUT2D eigenvalue weighted by molar-refractivity contribution is -0.144. The van der Waals surface area contributed by atoms with Crippen LogP contribution in [0.2, 0.25) is 5.02 Å². The fraction of sp³-hybridized carbons (Fsp3) is 0.267. The number of aliphatic hydroxyl groups excluding tert-OH is 1. The van der Waals surface area contributed by atoms with E-state index < -0.39 is 17.8 Å². The minimum atomic E-state index is -1.21. The Morgan fingerprint density at radius 3 is 2.57 bits per heavy atom. The average molecular weight is 338 g/mol. The zero-order valence-corrected chi connectivity index (χ0v) is 13.1. The molecule has 0 fully saturated rings. The van der Waals surface area contributed by atoms with Crippen molar-refractivity contribution in [3.63, 3.8) is 0 Å². The number of anilines is 1. The molecule has 0 spiro atoms. The molecule has 3 N–H and O–H groups in total. The van der Waals surface area contributed by atoms with Crippen molar-refractivity contribution in [2.75, 3.05) is 11.9 Å². The number of aromatic nitrogens is 2. The molecular weight excluding hydrogens is 322 g/mol. The number of carbonyl (C=O) groups excluding carboxylic acids is 1. The number of aliphatic carboxylic acids is 1. The van der Waals surface area contributed by atoms with Crippen LogP contribution in [0, 0.1) is 5.92 Å². The van der Waals surface area contributed by atoms with Crippen LogP contribution in [0.25, 0.3) is 11.3 Å². The van der Waals surface area contributed by atoms with E-state index in [1.54, 1.807) is 30.3 Å². The summed E-state index contributed by atoms with van der Waals surface area (Å²) in [4.78, 5) is 22.8. The topological polar surface area (TPSA) is 104 Å². The molecule has 0 bridgehead atoms. The number of carboxylic acid groups (broad SMARTS) is 1. The van der Waals surface area contributed by atoms with Crippen LogP contribution in [-0.2, 0) is 16.1 Å². The van der Waals surface area contributed by atoms with Crippen molar-refractivity contribution >= 4 is 29.3 Å². The summed E-state index contributed by atoms with van der Waals surface area (Å²) in [5.41, 5.74) is 1.36. The molecule has 0 saturated heterocycles. The highest BCUT2D eigenvalue weighted by Gasteiger charge is 2.22. The second-order valence-electron chi connectivity index (χ2n) is 4.92. The maximum Gasteiger partial charge on any atom is 0.315 e. The molecule has 122 valence electrons. The highest BCUT2D eigenvalue weighted by Crippen LogP contribution is 2.24. The van der Waals surface area contributed by atoms with Crippen LogP contribution < -0.4 is 5.32 Å². The van der Waals surface area contributed by atoms with Crippen LogP contribution in [0.4, 0.5) is 5.82 Å². The third-order valence-corrected chi connectivity index (χ3v) is 3.50. The minimum Gasteiger partial charge on any atom is -0.481 e. The highest BCUT2D eigenvalue weighted by atomic mass is 35.5. The molecule has 1 atom stereocenters. The second kappa shape index (κ2) is 7.26. The van der Waals surface area contributed by atoms with Gasteiger partial charge in [0.1, 0.15) is 11.7 Å². The first-order chi connectivity index (χ1) is 10.9. The van der Waals surface area contributed by atoms with Crippen molar-refractivity contribution < 1.29 is 19.8 Å². The molecule has 23 heavy (non-hydrogen) atoms. The number of carboxylic acids is 1. The number of halogens is 1. The Morgan fingerprint density at radius 1 is 1.35 bits per heavy atom. The van der Waals surface area contributed by atoms with E-state index in [9.17, 15) is 9.59 Å². The predicted octanol–water partition coefficient (Wildman–Crippen LogP) is 1.85. The number of benzene rings is 1. The Labute approximate surface area is 137 Å². The Balaban J connectivity index is 2.29. The summed E-state index contributed by atoms with van der Waals surface area (Å²) in [6, 6.07) is 8.60. The Hall–Kier alpha value is -2.38. The molecule has 2 aromatic rings. The molecule has 8 heteroatoms. The van der Waals surface area contributed by atoms with E-state index in [0.29, 0.717) is 16.5 Å². The molecule has 1 amide bonds. The van der Waals surface area contributed by atoms with Gasteiger partial charge in [0.25, 0.3) is 0 Å². The van der Waals surface area contributed by atoms with Crippen molar-refractivity contribution in [2.24, 2.45) is 5.92 Å². The van der Waals surface area contributed by atoms with Crippen LogP contribution in [-0.4, -0.2) is 38.5 Å². The average Bonchev–Trinajstić information content (AvgIpc) is 2.90. The van der Waals surface area contributed by atoms with Crippen LogP contribution in [0.3, 0.4) is 0 Å². The summed E-state index contributed by atoms with van der Waals surface area (Å²) in [6.45, 7) is 1.30. The van der Waals surface area contributed by atoms with Crippen molar-refractivity contribution in [3.8, 4) is 11.3 Å². The van der Waals surface area contributed by atoms with Gasteiger partial charge in [0, 0.05) is 16.7 Å². The first-order valence-corrected chi connectivity index (χ1v) is 7.28. The molecule has 0 aliphatic heterocycles. The predicted molar refractivity (Wildman–Crippen MR) is 85.2 cm³/mol. The van der Waals surface area contributed by atoms with Crippen LogP contribution in [0.5, 0.6) is 0 Å². The number of hydrogen-bond acceptors (Lipinski definition) is 4. The van der Waals surface area contributed by atoms with Crippen molar-refractivity contribution in [2.45, 2.75) is 13.5 Å². The van der Waals surface area contributed by atoms with Crippen LogP contribution in [0.1, 0.15) is 6.92 Å². The Kier molecular flexibility index (Phi) is 5.36. The largest absolute Gasteiger partial charge is 0.481 e. The third kappa shape index (κ3) is 4.08. The molecule has 1 unspecified atom stereocenters. The van der Waals surface area contributed by atoms with Crippen LogP contribution >= 0.6 is 11.6 Å². The van der Waals surface area contributed by atoms with Gasteiger partial charge in [0.05, 0.1) is 18.8 Å². The van der Waals surface area contributed by atoms with Gasteiger partial charge in [-0.3, -0.25) is 9.59 Å². The van der Waals surface area contributed by atoms with Gasteiger partial charge in [-0.2, -0.15) is 5.10 Å². The summed E-state index contributed by atoms with van der Waals surface area (Å²) >= 11 is 5.85. The lowest BCUT2D eigenvalue weighted by Gasteiger charge is -2.09. The zero-order valence-electron chi connectivity index (χ0n) is 12.4. The smallest absolute Gasteiger partial charge is 0.315 e. The van der Waals surface area contributed by atoms with Gasteiger partial charge in [-0.25, -0.2) is 4.68 Å². The lowest BCUT2D eigenvalue weighted by Crippen LogP contribution is -2.28. The number of nitrogens with zero attached hydrogens (tertiary/aromatic N) is 2. The SMILES string of the molecule is CC(C(=O)O)C(=O)Nc1cc(-c2ccc(Cl)cc2)nn1CCO. The van der Waals surface area contributed by atoms with Crippen molar-refractivity contribution in [1.82, 2.24) is 9.78 Å². The molecule has 0 aliphatic rings. The maximum atomic E-state index is 11.9. The van der Waals surface area contributed by atoms with Crippen LogP contribution in [0.15, 0.2) is 30.3 Å². The van der Waals surface area contributed by atoms with Gasteiger partial charge in [-0.05, 0) is 19.1 Å². The van der Waals surface area contributed by atoms with Gasteiger partial charge >= 0.3 is 5.97 Å². The maximum absolute atomic E-state index is 11.9. The first-order valence-electron chi connectivity index (χ1n) is 6.90. The number of aliphatic hydroxyl groups is 1. The van der Waals surface area contributed by atoms with Gasteiger partial charge in [0.2, 0.25) is 5.91 Å². The Bertz CT molecular complexity index is 712. The summed E-state index contributed by atoms with van der Waals surface area (Å²) in [6.07, 6.45) is 0. The molecule has 2 rings (SSSR count). The summed E-state index contributed by atoms with van der Waals surface area (Å²) in [7, 11) is 0. The summed E-state index contributed by atoms with van der Waals surface area (Å²) in [5, 5.41) is 25.4. The van der Waals surface area contributed by atoms with Crippen molar-refractivity contribution in [3.05, 3.63) is 35.4 Å². The van der Waals surface area contributed by atoms with E-state index >= 15 is 0 Å². The summed E-state index contributed by atoms with van der Waals surface area (Å²) < 4.78 is 1.41. The van der Waals surface area contributed by atoms with Gasteiger partial charge in [-0.1, -0.05) is 23.7 Å². The fourth-order valence-electron chi connectivity index (χ4n) is 1.89. The summed E-state index contributed by atoms with van der Waals surface area (Å²) in [5.74, 6) is -2.73. The Morgan fingerprint density at radius 2 is 2.00 bits per heavy atom. The van der Waals surface area contributed by atoms with Crippen molar-refractivity contribution in [1.29, 1.82) is 0 Å². The number of nitrogens with one attached hydrogen (secondary N) is 1.